The molecular formula is C18H15I. The van der Waals surface area contributed by atoms with Crippen LogP contribution >= 0.6 is 22.6 Å². The lowest BCUT2D eigenvalue weighted by Crippen LogP contribution is -1.89. The molecule has 0 aliphatic rings. The zero-order valence-corrected chi connectivity index (χ0v) is 13.2. The van der Waals surface area contributed by atoms with E-state index in [0.29, 0.717) is 0 Å². The molecule has 0 amide bonds. The van der Waals surface area contributed by atoms with Crippen LogP contribution in [0, 0.1) is 13.8 Å². The zero-order chi connectivity index (χ0) is 13.4. The lowest BCUT2D eigenvalue weighted by Gasteiger charge is -2.11. The fourth-order valence-electron chi connectivity index (χ4n) is 2.64. The van der Waals surface area contributed by atoms with Gasteiger partial charge in [0.15, 0.2) is 0 Å². The minimum Gasteiger partial charge on any atom is -0.0616 e. The van der Waals surface area contributed by atoms with Crippen LogP contribution in [0.2, 0.25) is 0 Å². The maximum Gasteiger partial charge on any atom is -0.0145 e. The number of aryl methyl sites for hydroxylation is 1. The molecule has 3 aromatic rings. The SMILES string of the molecule is Cc1c(/C=C/I)cc2cc3ccccc3cc2c1C. The Bertz CT molecular complexity index is 797. The lowest BCUT2D eigenvalue weighted by atomic mass is 9.94. The molecule has 0 aliphatic heterocycles. The molecule has 3 aromatic carbocycles. The predicted octanol–water partition coefficient (Wildman–Crippen LogP) is 6.02. The van der Waals surface area contributed by atoms with Gasteiger partial charge >= 0.3 is 0 Å². The Labute approximate surface area is 127 Å². The first-order valence-corrected chi connectivity index (χ1v) is 7.65. The van der Waals surface area contributed by atoms with Crippen LogP contribution in [0.15, 0.2) is 46.5 Å². The Morgan fingerprint density at radius 2 is 1.53 bits per heavy atom. The van der Waals surface area contributed by atoms with Gasteiger partial charge in [0.05, 0.1) is 0 Å². The molecule has 0 atom stereocenters. The van der Waals surface area contributed by atoms with Gasteiger partial charge in [0.25, 0.3) is 0 Å². The standard InChI is InChI=1S/C18H15I/c1-12-13(2)18-11-16-6-4-3-5-15(16)10-17(18)9-14(12)7-8-19/h3-11H,1-2H3/b8-7+. The van der Waals surface area contributed by atoms with E-state index in [2.05, 4.69) is 89.1 Å². The van der Waals surface area contributed by atoms with E-state index in [0.717, 1.165) is 0 Å². The Hall–Kier alpha value is -1.35. The summed E-state index contributed by atoms with van der Waals surface area (Å²) in [5.74, 6) is 0. The highest BCUT2D eigenvalue weighted by Gasteiger charge is 2.06. The average Bonchev–Trinajstić information content (AvgIpc) is 2.43. The van der Waals surface area contributed by atoms with Crippen LogP contribution in [0.1, 0.15) is 16.7 Å². The van der Waals surface area contributed by atoms with E-state index in [1.807, 2.05) is 0 Å². The van der Waals surface area contributed by atoms with Crippen LogP contribution in [0.5, 0.6) is 0 Å². The van der Waals surface area contributed by atoms with E-state index in [1.165, 1.54) is 38.2 Å². The normalized spacial score (nSPS) is 11.7. The molecule has 0 aliphatic carbocycles. The molecule has 0 fully saturated rings. The van der Waals surface area contributed by atoms with Crippen molar-refractivity contribution in [2.24, 2.45) is 0 Å². The molecule has 0 spiro atoms. The molecule has 0 unspecified atom stereocenters. The third-order valence-electron chi connectivity index (χ3n) is 3.87. The highest BCUT2D eigenvalue weighted by Crippen LogP contribution is 2.30. The average molecular weight is 358 g/mol. The second kappa shape index (κ2) is 4.97. The summed E-state index contributed by atoms with van der Waals surface area (Å²) in [6.45, 7) is 4.42. The molecule has 0 bridgehead atoms. The summed E-state index contributed by atoms with van der Waals surface area (Å²) in [6, 6.07) is 15.5. The van der Waals surface area contributed by atoms with Gasteiger partial charge in [0.2, 0.25) is 0 Å². The Morgan fingerprint density at radius 1 is 0.842 bits per heavy atom. The van der Waals surface area contributed by atoms with Crippen molar-refractivity contribution in [3.05, 3.63) is 63.2 Å². The molecule has 0 radical (unpaired) electrons. The van der Waals surface area contributed by atoms with Gasteiger partial charge in [-0.25, -0.2) is 0 Å². The lowest BCUT2D eigenvalue weighted by molar-refractivity contribution is 1.36. The molecule has 94 valence electrons. The largest absolute Gasteiger partial charge is 0.0616 e. The van der Waals surface area contributed by atoms with Crippen LogP contribution in [0.4, 0.5) is 0 Å². The van der Waals surface area contributed by atoms with Gasteiger partial charge in [0.1, 0.15) is 0 Å². The third kappa shape index (κ3) is 2.16. The number of halogens is 1. The molecule has 0 nitrogen and oxygen atoms in total. The van der Waals surface area contributed by atoms with Crippen LogP contribution in [0.3, 0.4) is 0 Å². The van der Waals surface area contributed by atoms with Crippen molar-refractivity contribution in [1.82, 2.24) is 0 Å². The maximum atomic E-state index is 2.31. The molecule has 3 rings (SSSR count). The van der Waals surface area contributed by atoms with Crippen molar-refractivity contribution in [2.45, 2.75) is 13.8 Å². The van der Waals surface area contributed by atoms with Crippen molar-refractivity contribution in [3.63, 3.8) is 0 Å². The molecule has 0 saturated carbocycles. The number of hydrogen-bond donors (Lipinski definition) is 0. The Kier molecular flexibility index (Phi) is 3.31. The predicted molar refractivity (Wildman–Crippen MR) is 94.0 cm³/mol. The summed E-state index contributed by atoms with van der Waals surface area (Å²) in [6.07, 6.45) is 2.18. The van der Waals surface area contributed by atoms with Crippen LogP contribution < -0.4 is 0 Å². The molecule has 0 N–H and O–H groups in total. The van der Waals surface area contributed by atoms with Gasteiger partial charge in [-0.15, -0.1) is 0 Å². The summed E-state index contributed by atoms with van der Waals surface area (Å²) in [4.78, 5) is 0. The van der Waals surface area contributed by atoms with E-state index in [9.17, 15) is 0 Å². The summed E-state index contributed by atoms with van der Waals surface area (Å²) >= 11 is 2.28. The first-order chi connectivity index (χ1) is 9.20. The summed E-state index contributed by atoms with van der Waals surface area (Å²) in [5.41, 5.74) is 4.07. The Balaban J connectivity index is 2.44. The summed E-state index contributed by atoms with van der Waals surface area (Å²) < 4.78 is 2.08. The minimum absolute atomic E-state index is 1.31. The molecule has 19 heavy (non-hydrogen) atoms. The van der Waals surface area contributed by atoms with Gasteiger partial charge in [-0.2, -0.15) is 0 Å². The quantitative estimate of drug-likeness (QED) is 0.369. The molecular weight excluding hydrogens is 343 g/mol. The Morgan fingerprint density at radius 3 is 2.21 bits per heavy atom. The summed E-state index contributed by atoms with van der Waals surface area (Å²) in [7, 11) is 0. The van der Waals surface area contributed by atoms with Gasteiger partial charge < -0.3 is 0 Å². The van der Waals surface area contributed by atoms with E-state index in [4.69, 9.17) is 0 Å². The monoisotopic (exact) mass is 358 g/mol. The van der Waals surface area contributed by atoms with E-state index in [-0.39, 0.29) is 0 Å². The first kappa shape index (κ1) is 12.7. The van der Waals surface area contributed by atoms with Crippen LogP contribution in [-0.4, -0.2) is 0 Å². The van der Waals surface area contributed by atoms with Gasteiger partial charge in [0, 0.05) is 0 Å². The second-order valence-corrected chi connectivity index (χ2v) is 5.65. The van der Waals surface area contributed by atoms with Crippen molar-refractivity contribution >= 4 is 50.2 Å². The van der Waals surface area contributed by atoms with Crippen LogP contribution in [-0.2, 0) is 0 Å². The minimum atomic E-state index is 1.31. The number of rotatable bonds is 1. The first-order valence-electron chi connectivity index (χ1n) is 6.40. The van der Waals surface area contributed by atoms with Crippen molar-refractivity contribution in [3.8, 4) is 0 Å². The molecule has 0 saturated heterocycles. The van der Waals surface area contributed by atoms with Gasteiger partial charge in [-0.3, -0.25) is 0 Å². The smallest absolute Gasteiger partial charge is 0.0145 e. The van der Waals surface area contributed by atoms with Crippen molar-refractivity contribution in [1.29, 1.82) is 0 Å². The van der Waals surface area contributed by atoms with Crippen molar-refractivity contribution in [2.75, 3.05) is 0 Å². The number of hydrogen-bond acceptors (Lipinski definition) is 0. The number of benzene rings is 3. The van der Waals surface area contributed by atoms with E-state index >= 15 is 0 Å². The zero-order valence-electron chi connectivity index (χ0n) is 11.1. The molecule has 0 aromatic heterocycles. The van der Waals surface area contributed by atoms with E-state index < -0.39 is 0 Å². The maximum absolute atomic E-state index is 2.31. The fraction of sp³-hybridized carbons (Fsp3) is 0.111. The molecule has 1 heteroatoms. The third-order valence-corrected chi connectivity index (χ3v) is 4.23. The van der Waals surface area contributed by atoms with E-state index in [1.54, 1.807) is 0 Å². The highest BCUT2D eigenvalue weighted by molar-refractivity contribution is 14.1. The van der Waals surface area contributed by atoms with Crippen molar-refractivity contribution < 1.29 is 0 Å². The fourth-order valence-corrected chi connectivity index (χ4v) is 3.02. The summed E-state index contributed by atoms with van der Waals surface area (Å²) in [5, 5.41) is 5.31. The number of fused-ring (bicyclic) bond motifs is 2. The van der Waals surface area contributed by atoms with Gasteiger partial charge in [-0.1, -0.05) is 46.9 Å². The second-order valence-electron chi connectivity index (χ2n) is 4.93. The van der Waals surface area contributed by atoms with Gasteiger partial charge in [-0.05, 0) is 80.4 Å². The highest BCUT2D eigenvalue weighted by atomic mass is 127. The topological polar surface area (TPSA) is 0 Å². The molecule has 0 heterocycles. The van der Waals surface area contributed by atoms with Crippen LogP contribution in [0.25, 0.3) is 27.6 Å².